The van der Waals surface area contributed by atoms with Crippen LogP contribution in [0.25, 0.3) is 0 Å². The second-order valence-corrected chi connectivity index (χ2v) is 5.74. The van der Waals surface area contributed by atoms with Crippen molar-refractivity contribution in [1.29, 1.82) is 0 Å². The van der Waals surface area contributed by atoms with Crippen LogP contribution >= 0.6 is 15.9 Å². The van der Waals surface area contributed by atoms with Crippen LogP contribution < -0.4 is 0 Å². The van der Waals surface area contributed by atoms with Gasteiger partial charge < -0.3 is 4.90 Å². The standard InChI is InChI=1S/C14H17BrFNO/c1-3-11-6-4-9(2)17(11)14(18)12-8-10(15)5-7-13(12)16/h5,7-9,11H,3-4,6H2,1-2H3. The molecule has 0 spiro atoms. The summed E-state index contributed by atoms with van der Waals surface area (Å²) in [6, 6.07) is 4.94. The van der Waals surface area contributed by atoms with Crippen molar-refractivity contribution in [1.82, 2.24) is 4.90 Å². The molecule has 98 valence electrons. The van der Waals surface area contributed by atoms with Crippen molar-refractivity contribution in [2.45, 2.75) is 45.2 Å². The van der Waals surface area contributed by atoms with Gasteiger partial charge in [-0.1, -0.05) is 22.9 Å². The molecule has 2 nitrogen and oxygen atoms in total. The van der Waals surface area contributed by atoms with Crippen LogP contribution in [-0.2, 0) is 0 Å². The summed E-state index contributed by atoms with van der Waals surface area (Å²) in [4.78, 5) is 14.3. The molecule has 1 aromatic rings. The molecule has 1 saturated heterocycles. The lowest BCUT2D eigenvalue weighted by Crippen LogP contribution is -2.40. The van der Waals surface area contributed by atoms with Gasteiger partial charge in [-0.3, -0.25) is 4.79 Å². The summed E-state index contributed by atoms with van der Waals surface area (Å²) in [5.41, 5.74) is 0.163. The maximum absolute atomic E-state index is 13.8. The fourth-order valence-corrected chi connectivity index (χ4v) is 3.00. The molecule has 1 aliphatic rings. The molecule has 2 unspecified atom stereocenters. The lowest BCUT2D eigenvalue weighted by Gasteiger charge is -2.28. The number of halogens is 2. The highest BCUT2D eigenvalue weighted by Gasteiger charge is 2.34. The summed E-state index contributed by atoms with van der Waals surface area (Å²) < 4.78 is 14.5. The predicted octanol–water partition coefficient (Wildman–Crippen LogP) is 3.99. The highest BCUT2D eigenvalue weighted by atomic mass is 79.9. The Morgan fingerprint density at radius 1 is 1.50 bits per heavy atom. The summed E-state index contributed by atoms with van der Waals surface area (Å²) >= 11 is 3.28. The minimum absolute atomic E-state index is 0.163. The molecule has 2 atom stereocenters. The third-order valence-electron chi connectivity index (χ3n) is 3.65. The SMILES string of the molecule is CCC1CCC(C)N1C(=O)c1cc(Br)ccc1F. The first-order chi connectivity index (χ1) is 8.54. The summed E-state index contributed by atoms with van der Waals surface area (Å²) in [5.74, 6) is -0.636. The van der Waals surface area contributed by atoms with Gasteiger partial charge in [0.05, 0.1) is 5.56 Å². The van der Waals surface area contributed by atoms with Gasteiger partial charge in [0.15, 0.2) is 0 Å². The van der Waals surface area contributed by atoms with E-state index in [1.165, 1.54) is 6.07 Å². The summed E-state index contributed by atoms with van der Waals surface area (Å²) in [6.45, 7) is 4.10. The number of likely N-dealkylation sites (tertiary alicyclic amines) is 1. The van der Waals surface area contributed by atoms with Crippen LogP contribution in [0.2, 0.25) is 0 Å². The Morgan fingerprint density at radius 3 is 2.89 bits per heavy atom. The zero-order valence-electron chi connectivity index (χ0n) is 10.6. The van der Waals surface area contributed by atoms with Crippen LogP contribution in [-0.4, -0.2) is 22.9 Å². The number of nitrogens with zero attached hydrogens (tertiary/aromatic N) is 1. The van der Waals surface area contributed by atoms with E-state index in [1.807, 2.05) is 11.8 Å². The van der Waals surface area contributed by atoms with E-state index in [-0.39, 0.29) is 23.6 Å². The van der Waals surface area contributed by atoms with E-state index in [0.717, 1.165) is 23.7 Å². The van der Waals surface area contributed by atoms with E-state index < -0.39 is 5.82 Å². The summed E-state index contributed by atoms with van der Waals surface area (Å²) in [6.07, 6.45) is 2.94. The molecule has 0 saturated carbocycles. The van der Waals surface area contributed by atoms with Gasteiger partial charge in [-0.2, -0.15) is 0 Å². The minimum Gasteiger partial charge on any atom is -0.333 e. The van der Waals surface area contributed by atoms with Crippen LogP contribution in [0.1, 0.15) is 43.5 Å². The molecule has 0 aromatic heterocycles. The molecule has 18 heavy (non-hydrogen) atoms. The third-order valence-corrected chi connectivity index (χ3v) is 4.14. The lowest BCUT2D eigenvalue weighted by molar-refractivity contribution is 0.0671. The van der Waals surface area contributed by atoms with Crippen LogP contribution in [0.4, 0.5) is 4.39 Å². The topological polar surface area (TPSA) is 20.3 Å². The molecule has 0 bridgehead atoms. The molecule has 1 aromatic carbocycles. The fraction of sp³-hybridized carbons (Fsp3) is 0.500. The first-order valence-corrected chi connectivity index (χ1v) is 7.11. The van der Waals surface area contributed by atoms with E-state index in [0.29, 0.717) is 0 Å². The van der Waals surface area contributed by atoms with Crippen LogP contribution in [0, 0.1) is 5.82 Å². The lowest BCUT2D eigenvalue weighted by atomic mass is 10.1. The van der Waals surface area contributed by atoms with E-state index in [1.54, 1.807) is 12.1 Å². The number of benzene rings is 1. The number of carbonyl (C=O) groups is 1. The maximum Gasteiger partial charge on any atom is 0.257 e. The first kappa shape index (κ1) is 13.5. The third kappa shape index (κ3) is 2.44. The molecule has 0 radical (unpaired) electrons. The quantitative estimate of drug-likeness (QED) is 0.808. The average molecular weight is 314 g/mol. The Morgan fingerprint density at radius 2 is 2.22 bits per heavy atom. The van der Waals surface area contributed by atoms with Gasteiger partial charge in [0.1, 0.15) is 5.82 Å². The monoisotopic (exact) mass is 313 g/mol. The van der Waals surface area contributed by atoms with Gasteiger partial charge in [-0.15, -0.1) is 0 Å². The zero-order chi connectivity index (χ0) is 13.3. The highest BCUT2D eigenvalue weighted by molar-refractivity contribution is 9.10. The van der Waals surface area contributed by atoms with E-state index in [4.69, 9.17) is 0 Å². The Kier molecular flexibility index (Phi) is 4.05. The highest BCUT2D eigenvalue weighted by Crippen LogP contribution is 2.29. The molecule has 1 amide bonds. The van der Waals surface area contributed by atoms with Gasteiger partial charge >= 0.3 is 0 Å². The van der Waals surface area contributed by atoms with Gasteiger partial charge in [0, 0.05) is 16.6 Å². The second kappa shape index (κ2) is 5.39. The van der Waals surface area contributed by atoms with Gasteiger partial charge in [-0.25, -0.2) is 4.39 Å². The van der Waals surface area contributed by atoms with Crippen molar-refractivity contribution in [2.75, 3.05) is 0 Å². The maximum atomic E-state index is 13.8. The Bertz CT molecular complexity index is 463. The van der Waals surface area contributed by atoms with Crippen LogP contribution in [0.15, 0.2) is 22.7 Å². The number of amides is 1. The molecule has 1 fully saturated rings. The summed E-state index contributed by atoms with van der Waals surface area (Å²) in [7, 11) is 0. The number of hydrogen-bond acceptors (Lipinski definition) is 1. The van der Waals surface area contributed by atoms with Gasteiger partial charge in [0.25, 0.3) is 5.91 Å². The summed E-state index contributed by atoms with van der Waals surface area (Å²) in [5, 5.41) is 0. The number of hydrogen-bond donors (Lipinski definition) is 0. The molecule has 0 N–H and O–H groups in total. The minimum atomic E-state index is -0.447. The first-order valence-electron chi connectivity index (χ1n) is 6.32. The normalized spacial score (nSPS) is 23.4. The van der Waals surface area contributed by atoms with Crippen molar-refractivity contribution >= 4 is 21.8 Å². The molecular weight excluding hydrogens is 297 g/mol. The number of carbonyl (C=O) groups excluding carboxylic acids is 1. The smallest absolute Gasteiger partial charge is 0.257 e. The number of rotatable bonds is 2. The second-order valence-electron chi connectivity index (χ2n) is 4.83. The largest absolute Gasteiger partial charge is 0.333 e. The van der Waals surface area contributed by atoms with E-state index in [9.17, 15) is 9.18 Å². The Labute approximate surface area is 115 Å². The van der Waals surface area contributed by atoms with Crippen LogP contribution in [0.3, 0.4) is 0 Å². The van der Waals surface area contributed by atoms with Crippen molar-refractivity contribution < 1.29 is 9.18 Å². The molecule has 0 aliphatic carbocycles. The Balaban J connectivity index is 2.32. The van der Waals surface area contributed by atoms with Gasteiger partial charge in [0.2, 0.25) is 0 Å². The molecule has 4 heteroatoms. The fourth-order valence-electron chi connectivity index (χ4n) is 2.64. The van der Waals surface area contributed by atoms with E-state index in [2.05, 4.69) is 22.9 Å². The average Bonchev–Trinajstić information content (AvgIpc) is 2.72. The van der Waals surface area contributed by atoms with Crippen molar-refractivity contribution in [3.8, 4) is 0 Å². The zero-order valence-corrected chi connectivity index (χ0v) is 12.2. The molecule has 1 aliphatic heterocycles. The predicted molar refractivity (Wildman–Crippen MR) is 73.0 cm³/mol. The molecular formula is C14H17BrFNO. The van der Waals surface area contributed by atoms with Crippen molar-refractivity contribution in [3.63, 3.8) is 0 Å². The molecule has 2 rings (SSSR count). The molecule has 1 heterocycles. The van der Waals surface area contributed by atoms with E-state index >= 15 is 0 Å². The van der Waals surface area contributed by atoms with Gasteiger partial charge in [-0.05, 0) is 44.4 Å². The van der Waals surface area contributed by atoms with Crippen molar-refractivity contribution in [2.24, 2.45) is 0 Å². The Hall–Kier alpha value is -0.900. The van der Waals surface area contributed by atoms with Crippen molar-refractivity contribution in [3.05, 3.63) is 34.1 Å². The van der Waals surface area contributed by atoms with Crippen LogP contribution in [0.5, 0.6) is 0 Å².